The maximum Gasteiger partial charge on any atom is 0.264 e. The summed E-state index contributed by atoms with van der Waals surface area (Å²) in [5, 5.41) is 2.43. The second-order valence-electron chi connectivity index (χ2n) is 6.87. The number of carbonyl (C=O) groups is 2. The lowest BCUT2D eigenvalue weighted by Crippen LogP contribution is -2.36. The Labute approximate surface area is 166 Å². The van der Waals surface area contributed by atoms with E-state index in [1.165, 1.54) is 34.7 Å². The average Bonchev–Trinajstić information content (AvgIpc) is 2.71. The first-order valence-corrected chi connectivity index (χ1v) is 8.99. The Bertz CT molecular complexity index is 1140. The van der Waals surface area contributed by atoms with Crippen molar-refractivity contribution in [1.29, 1.82) is 0 Å². The molecule has 0 aliphatic carbocycles. The number of likely N-dealkylation sites (N-methyl/N-ethyl adjacent to an activating group) is 1. The van der Waals surface area contributed by atoms with Crippen molar-refractivity contribution >= 4 is 22.8 Å². The number of aromatic nitrogens is 2. The summed E-state index contributed by atoms with van der Waals surface area (Å²) in [6.07, 6.45) is 2.12. The number of hydrogen-bond acceptors (Lipinski definition) is 4. The maximum atomic E-state index is 13.1. The van der Waals surface area contributed by atoms with Crippen molar-refractivity contribution in [3.63, 3.8) is 0 Å². The van der Waals surface area contributed by atoms with Gasteiger partial charge in [0.25, 0.3) is 11.5 Å². The van der Waals surface area contributed by atoms with Crippen LogP contribution in [0.3, 0.4) is 0 Å². The molecule has 2 aromatic heterocycles. The van der Waals surface area contributed by atoms with Crippen molar-refractivity contribution in [1.82, 2.24) is 19.8 Å². The number of benzene rings is 1. The number of nitrogens with zero attached hydrogens (tertiary/aromatic N) is 3. The van der Waals surface area contributed by atoms with Crippen LogP contribution >= 0.6 is 0 Å². The number of amides is 2. The van der Waals surface area contributed by atoms with Gasteiger partial charge in [0.1, 0.15) is 17.9 Å². The lowest BCUT2D eigenvalue weighted by molar-refractivity contribution is -0.129. The molecule has 7 nitrogen and oxygen atoms in total. The zero-order chi connectivity index (χ0) is 21.1. The number of pyridine rings is 2. The van der Waals surface area contributed by atoms with Crippen LogP contribution in [0.4, 0.5) is 4.39 Å². The van der Waals surface area contributed by atoms with E-state index in [2.05, 4.69) is 10.3 Å². The van der Waals surface area contributed by atoms with Crippen LogP contribution in [0.25, 0.3) is 11.0 Å². The molecule has 0 bridgehead atoms. The van der Waals surface area contributed by atoms with Crippen molar-refractivity contribution in [3.8, 4) is 0 Å². The summed E-state index contributed by atoms with van der Waals surface area (Å²) in [5.41, 5.74) is 1.92. The van der Waals surface area contributed by atoms with E-state index in [0.29, 0.717) is 17.5 Å². The summed E-state index contributed by atoms with van der Waals surface area (Å²) in [6.45, 7) is -0.213. The summed E-state index contributed by atoms with van der Waals surface area (Å²) >= 11 is 0. The van der Waals surface area contributed by atoms with Crippen molar-refractivity contribution in [3.05, 3.63) is 75.5 Å². The van der Waals surface area contributed by atoms with Crippen LogP contribution in [0.1, 0.15) is 21.5 Å². The van der Waals surface area contributed by atoms with Crippen LogP contribution in [0.5, 0.6) is 0 Å². The van der Waals surface area contributed by atoms with E-state index in [4.69, 9.17) is 0 Å². The Balaban J connectivity index is 2.13. The molecule has 0 radical (unpaired) electrons. The number of nitrogens with one attached hydrogen (secondary N) is 1. The summed E-state index contributed by atoms with van der Waals surface area (Å²) < 4.78 is 14.4. The zero-order valence-electron chi connectivity index (χ0n) is 16.4. The van der Waals surface area contributed by atoms with Crippen LogP contribution in [-0.2, 0) is 17.8 Å². The Morgan fingerprint density at radius 3 is 2.45 bits per heavy atom. The van der Waals surface area contributed by atoms with E-state index in [0.717, 1.165) is 11.1 Å². The zero-order valence-corrected chi connectivity index (χ0v) is 16.4. The standard InChI is InChI=1S/C21H21FN4O3/c1-23-20(28)16-10-17-18(26(21(16)29)12-19(27)25(2)3)9-14(11-24-17)8-13-4-6-15(22)7-5-13/h4-7,9-11H,8,12H2,1-3H3,(H,23,28). The van der Waals surface area contributed by atoms with Gasteiger partial charge in [-0.3, -0.25) is 23.9 Å². The van der Waals surface area contributed by atoms with Gasteiger partial charge in [0, 0.05) is 27.3 Å². The van der Waals surface area contributed by atoms with Crippen LogP contribution in [-0.4, -0.2) is 47.4 Å². The first kappa shape index (κ1) is 20.2. The summed E-state index contributed by atoms with van der Waals surface area (Å²) in [7, 11) is 4.62. The van der Waals surface area contributed by atoms with Gasteiger partial charge in [0.05, 0.1) is 11.0 Å². The molecule has 0 atom stereocenters. The first-order chi connectivity index (χ1) is 13.8. The predicted octanol–water partition coefficient (Wildman–Crippen LogP) is 1.57. The molecule has 1 aromatic carbocycles. The minimum Gasteiger partial charge on any atom is -0.355 e. The molecule has 0 aliphatic rings. The van der Waals surface area contributed by atoms with E-state index < -0.39 is 11.5 Å². The Hall–Kier alpha value is -3.55. The Morgan fingerprint density at radius 1 is 1.14 bits per heavy atom. The highest BCUT2D eigenvalue weighted by Gasteiger charge is 2.18. The molecule has 0 aliphatic heterocycles. The highest BCUT2D eigenvalue weighted by molar-refractivity contribution is 5.96. The largest absolute Gasteiger partial charge is 0.355 e. The number of carbonyl (C=O) groups excluding carboxylic acids is 2. The predicted molar refractivity (Wildman–Crippen MR) is 107 cm³/mol. The van der Waals surface area contributed by atoms with E-state index in [1.54, 1.807) is 38.5 Å². The molecule has 2 amide bonds. The van der Waals surface area contributed by atoms with Gasteiger partial charge in [0.15, 0.2) is 0 Å². The quantitative estimate of drug-likeness (QED) is 0.710. The molecule has 0 unspecified atom stereocenters. The van der Waals surface area contributed by atoms with E-state index in [9.17, 15) is 18.8 Å². The van der Waals surface area contributed by atoms with E-state index in [-0.39, 0.29) is 23.8 Å². The van der Waals surface area contributed by atoms with Gasteiger partial charge in [-0.1, -0.05) is 12.1 Å². The molecule has 8 heteroatoms. The fourth-order valence-corrected chi connectivity index (χ4v) is 2.95. The molecule has 1 N–H and O–H groups in total. The van der Waals surface area contributed by atoms with Gasteiger partial charge in [-0.25, -0.2) is 4.39 Å². The fraction of sp³-hybridized carbons (Fsp3) is 0.238. The summed E-state index contributed by atoms with van der Waals surface area (Å²) in [5.74, 6) is -1.14. The van der Waals surface area contributed by atoms with Crippen molar-refractivity contribution in [2.45, 2.75) is 13.0 Å². The minimum atomic E-state index is -0.562. The van der Waals surface area contributed by atoms with Crippen molar-refractivity contribution in [2.24, 2.45) is 0 Å². The van der Waals surface area contributed by atoms with Gasteiger partial charge in [0.2, 0.25) is 5.91 Å². The highest BCUT2D eigenvalue weighted by atomic mass is 19.1. The van der Waals surface area contributed by atoms with Crippen LogP contribution in [0.15, 0.2) is 47.4 Å². The second kappa shape index (κ2) is 8.22. The average molecular weight is 396 g/mol. The van der Waals surface area contributed by atoms with Gasteiger partial charge in [-0.2, -0.15) is 0 Å². The number of rotatable bonds is 5. The Morgan fingerprint density at radius 2 is 1.83 bits per heavy atom. The van der Waals surface area contributed by atoms with Crippen molar-refractivity contribution in [2.75, 3.05) is 21.1 Å². The minimum absolute atomic E-state index is 0.0784. The summed E-state index contributed by atoms with van der Waals surface area (Å²) in [6, 6.07) is 9.31. The molecule has 150 valence electrons. The molecular formula is C21H21FN4O3. The molecule has 2 heterocycles. The van der Waals surface area contributed by atoms with Crippen LogP contribution < -0.4 is 10.9 Å². The molecule has 3 aromatic rings. The molecule has 29 heavy (non-hydrogen) atoms. The smallest absolute Gasteiger partial charge is 0.264 e. The molecule has 0 spiro atoms. The van der Waals surface area contributed by atoms with Crippen LogP contribution in [0.2, 0.25) is 0 Å². The van der Waals surface area contributed by atoms with E-state index >= 15 is 0 Å². The number of hydrogen-bond donors (Lipinski definition) is 1. The third-order valence-corrected chi connectivity index (χ3v) is 4.59. The molecular weight excluding hydrogens is 375 g/mol. The lowest BCUT2D eigenvalue weighted by atomic mass is 10.1. The second-order valence-corrected chi connectivity index (χ2v) is 6.87. The van der Waals surface area contributed by atoms with Gasteiger partial charge < -0.3 is 10.2 Å². The van der Waals surface area contributed by atoms with Gasteiger partial charge in [-0.15, -0.1) is 0 Å². The molecule has 0 fully saturated rings. The molecule has 3 rings (SSSR count). The monoisotopic (exact) mass is 396 g/mol. The normalized spacial score (nSPS) is 10.8. The Kier molecular flexibility index (Phi) is 5.72. The summed E-state index contributed by atoms with van der Waals surface area (Å²) in [4.78, 5) is 43.1. The third kappa shape index (κ3) is 4.31. The molecule has 0 saturated heterocycles. The van der Waals surface area contributed by atoms with Gasteiger partial charge >= 0.3 is 0 Å². The third-order valence-electron chi connectivity index (χ3n) is 4.59. The maximum absolute atomic E-state index is 13.1. The van der Waals surface area contributed by atoms with E-state index in [1.807, 2.05) is 0 Å². The fourth-order valence-electron chi connectivity index (χ4n) is 2.95. The topological polar surface area (TPSA) is 84.3 Å². The molecule has 0 saturated carbocycles. The highest BCUT2D eigenvalue weighted by Crippen LogP contribution is 2.17. The SMILES string of the molecule is CNC(=O)c1cc2ncc(Cc3ccc(F)cc3)cc2n(CC(=O)N(C)C)c1=O. The van der Waals surface area contributed by atoms with Gasteiger partial charge in [-0.05, 0) is 41.8 Å². The van der Waals surface area contributed by atoms with Crippen molar-refractivity contribution < 1.29 is 14.0 Å². The number of halogens is 1. The lowest BCUT2D eigenvalue weighted by Gasteiger charge is -2.15. The number of fused-ring (bicyclic) bond motifs is 1. The first-order valence-electron chi connectivity index (χ1n) is 8.99. The van der Waals surface area contributed by atoms with Crippen LogP contribution in [0, 0.1) is 5.82 Å².